The summed E-state index contributed by atoms with van der Waals surface area (Å²) in [6, 6.07) is 27.6. The van der Waals surface area contributed by atoms with Crippen molar-refractivity contribution in [1.82, 2.24) is 10.2 Å². The number of carbonyl (C=O) groups is 2. The maximum atomic E-state index is 14.5. The summed E-state index contributed by atoms with van der Waals surface area (Å²) < 4.78 is 29.1. The molecule has 236 valence electrons. The van der Waals surface area contributed by atoms with Crippen molar-refractivity contribution < 1.29 is 18.0 Å². The van der Waals surface area contributed by atoms with Crippen LogP contribution < -0.4 is 9.62 Å². The van der Waals surface area contributed by atoms with Gasteiger partial charge in [0.2, 0.25) is 11.8 Å². The number of carbonyl (C=O) groups excluding carboxylic acids is 2. The molecule has 0 saturated carbocycles. The Hall–Kier alpha value is -3.56. The highest BCUT2D eigenvalue weighted by molar-refractivity contribution is 7.92. The number of amides is 2. The second kappa shape index (κ2) is 14.7. The Morgan fingerprint density at radius 3 is 1.98 bits per heavy atom. The van der Waals surface area contributed by atoms with Crippen molar-refractivity contribution in [3.63, 3.8) is 0 Å². The van der Waals surface area contributed by atoms with Crippen molar-refractivity contribution in [3.8, 4) is 0 Å². The quantitative estimate of drug-likeness (QED) is 0.178. The molecule has 0 bridgehead atoms. The molecule has 0 spiro atoms. The van der Waals surface area contributed by atoms with Crippen LogP contribution in [0.5, 0.6) is 0 Å². The molecule has 1 unspecified atom stereocenters. The van der Waals surface area contributed by atoms with Gasteiger partial charge in [-0.25, -0.2) is 8.42 Å². The summed E-state index contributed by atoms with van der Waals surface area (Å²) in [5.41, 5.74) is 0.962. The molecule has 0 aliphatic carbocycles. The number of halogens is 3. The van der Waals surface area contributed by atoms with Gasteiger partial charge < -0.3 is 10.2 Å². The average molecular weight is 687 g/mol. The van der Waals surface area contributed by atoms with E-state index in [0.29, 0.717) is 10.6 Å². The van der Waals surface area contributed by atoms with Crippen LogP contribution in [0.4, 0.5) is 5.69 Å². The fraction of sp³-hybridized carbons (Fsp3) is 0.235. The first-order chi connectivity index (χ1) is 21.3. The SMILES string of the molecule is CC(C)(C)NC(=O)C(Cc1ccccc1)N(Cc1ccc(Cl)cc1)C(=O)CN(c1cccc(Cl)c1Cl)S(=O)(=O)c1ccccc1. The number of benzene rings is 4. The fourth-order valence-corrected chi connectivity index (χ4v) is 6.73. The van der Waals surface area contributed by atoms with Crippen LogP contribution in [0.2, 0.25) is 15.1 Å². The molecule has 1 N–H and O–H groups in total. The van der Waals surface area contributed by atoms with Gasteiger partial charge in [-0.3, -0.25) is 13.9 Å². The summed E-state index contributed by atoms with van der Waals surface area (Å²) in [5, 5.41) is 3.61. The maximum Gasteiger partial charge on any atom is 0.264 e. The standard InChI is InChI=1S/C34H34Cl3N3O4S/c1-34(2,3)38-33(42)30(21-24-11-6-4-7-12-24)39(22-25-17-19-26(35)20-18-25)31(41)23-40(29-16-10-15-28(36)32(29)37)45(43,44)27-13-8-5-9-14-27/h4-20,30H,21-23H2,1-3H3,(H,38,42). The Morgan fingerprint density at radius 1 is 0.778 bits per heavy atom. The lowest BCUT2D eigenvalue weighted by molar-refractivity contribution is -0.140. The smallest absolute Gasteiger partial charge is 0.264 e. The van der Waals surface area contributed by atoms with Crippen LogP contribution in [0.3, 0.4) is 0 Å². The lowest BCUT2D eigenvalue weighted by Gasteiger charge is -2.35. The minimum atomic E-state index is -4.31. The number of nitrogens with one attached hydrogen (secondary N) is 1. The molecular formula is C34H34Cl3N3O4S. The third-order valence-corrected chi connectivity index (χ3v) is 9.68. The van der Waals surface area contributed by atoms with Gasteiger partial charge in [-0.1, -0.05) is 102 Å². The zero-order valence-electron chi connectivity index (χ0n) is 25.1. The molecule has 7 nitrogen and oxygen atoms in total. The highest BCUT2D eigenvalue weighted by atomic mass is 35.5. The van der Waals surface area contributed by atoms with E-state index in [4.69, 9.17) is 34.8 Å². The summed E-state index contributed by atoms with van der Waals surface area (Å²) in [4.78, 5) is 29.8. The molecule has 45 heavy (non-hydrogen) atoms. The molecule has 0 heterocycles. The summed E-state index contributed by atoms with van der Waals surface area (Å²) in [6.45, 7) is 4.91. The summed E-state index contributed by atoms with van der Waals surface area (Å²) >= 11 is 19.0. The van der Waals surface area contributed by atoms with Crippen molar-refractivity contribution in [2.24, 2.45) is 0 Å². The Bertz CT molecular complexity index is 1730. The van der Waals surface area contributed by atoms with Crippen LogP contribution >= 0.6 is 34.8 Å². The van der Waals surface area contributed by atoms with E-state index in [1.54, 1.807) is 48.5 Å². The molecule has 11 heteroatoms. The molecule has 0 aromatic heterocycles. The molecule has 0 aliphatic rings. The van der Waals surface area contributed by atoms with Crippen LogP contribution in [0, 0.1) is 0 Å². The zero-order valence-corrected chi connectivity index (χ0v) is 28.2. The number of hydrogen-bond donors (Lipinski definition) is 1. The lowest BCUT2D eigenvalue weighted by atomic mass is 10.0. The normalized spacial score (nSPS) is 12.3. The minimum absolute atomic E-state index is 0.00751. The molecule has 0 fully saturated rings. The summed E-state index contributed by atoms with van der Waals surface area (Å²) in [6.07, 6.45) is 0.186. The van der Waals surface area contributed by atoms with E-state index in [9.17, 15) is 18.0 Å². The van der Waals surface area contributed by atoms with Crippen molar-refractivity contribution in [3.05, 3.63) is 129 Å². The van der Waals surface area contributed by atoms with E-state index in [1.165, 1.54) is 29.2 Å². The predicted molar refractivity (Wildman–Crippen MR) is 181 cm³/mol. The van der Waals surface area contributed by atoms with Gasteiger partial charge in [-0.15, -0.1) is 0 Å². The van der Waals surface area contributed by atoms with Crippen molar-refractivity contribution in [1.29, 1.82) is 0 Å². The van der Waals surface area contributed by atoms with Crippen molar-refractivity contribution in [2.45, 2.75) is 50.2 Å². The highest BCUT2D eigenvalue weighted by Gasteiger charge is 2.36. The third-order valence-electron chi connectivity index (χ3n) is 6.85. The van der Waals surface area contributed by atoms with Gasteiger partial charge in [-0.05, 0) is 68.3 Å². The molecule has 0 radical (unpaired) electrons. The van der Waals surface area contributed by atoms with Gasteiger partial charge in [-0.2, -0.15) is 0 Å². The third kappa shape index (κ3) is 9.01. The van der Waals surface area contributed by atoms with E-state index in [2.05, 4.69) is 5.32 Å². The molecular weight excluding hydrogens is 653 g/mol. The van der Waals surface area contributed by atoms with E-state index >= 15 is 0 Å². The van der Waals surface area contributed by atoms with E-state index in [0.717, 1.165) is 9.87 Å². The second-order valence-electron chi connectivity index (χ2n) is 11.5. The average Bonchev–Trinajstić information content (AvgIpc) is 3.00. The number of hydrogen-bond acceptors (Lipinski definition) is 4. The Balaban J connectivity index is 1.84. The Kier molecular flexibility index (Phi) is 11.2. The maximum absolute atomic E-state index is 14.5. The largest absolute Gasteiger partial charge is 0.350 e. The Morgan fingerprint density at radius 2 is 1.38 bits per heavy atom. The first-order valence-corrected chi connectivity index (χ1v) is 16.8. The van der Waals surface area contributed by atoms with E-state index in [-0.39, 0.29) is 39.5 Å². The van der Waals surface area contributed by atoms with Gasteiger partial charge in [0.15, 0.2) is 0 Å². The van der Waals surface area contributed by atoms with Crippen LogP contribution in [-0.2, 0) is 32.6 Å². The first kappa shape index (κ1) is 34.3. The topological polar surface area (TPSA) is 86.8 Å². The molecule has 2 amide bonds. The highest BCUT2D eigenvalue weighted by Crippen LogP contribution is 2.35. The second-order valence-corrected chi connectivity index (χ2v) is 14.6. The molecule has 0 aliphatic heterocycles. The number of sulfonamides is 1. The van der Waals surface area contributed by atoms with Gasteiger partial charge in [0, 0.05) is 23.5 Å². The number of anilines is 1. The van der Waals surface area contributed by atoms with Crippen LogP contribution in [0.15, 0.2) is 108 Å². The zero-order chi connectivity index (χ0) is 32.8. The molecule has 1 atom stereocenters. The molecule has 4 aromatic rings. The molecule has 4 aromatic carbocycles. The van der Waals surface area contributed by atoms with Crippen LogP contribution in [0.25, 0.3) is 0 Å². The van der Waals surface area contributed by atoms with Gasteiger partial charge in [0.25, 0.3) is 10.0 Å². The first-order valence-electron chi connectivity index (χ1n) is 14.2. The fourth-order valence-electron chi connectivity index (χ4n) is 4.71. The number of rotatable bonds is 11. The number of nitrogens with zero attached hydrogens (tertiary/aromatic N) is 2. The monoisotopic (exact) mass is 685 g/mol. The van der Waals surface area contributed by atoms with E-state index in [1.807, 2.05) is 51.1 Å². The van der Waals surface area contributed by atoms with Crippen molar-refractivity contribution >= 4 is 62.3 Å². The summed E-state index contributed by atoms with van der Waals surface area (Å²) in [7, 11) is -4.31. The van der Waals surface area contributed by atoms with Crippen molar-refractivity contribution in [2.75, 3.05) is 10.8 Å². The molecule has 0 saturated heterocycles. The lowest BCUT2D eigenvalue weighted by Crippen LogP contribution is -2.56. The van der Waals surface area contributed by atoms with Crippen LogP contribution in [0.1, 0.15) is 31.9 Å². The minimum Gasteiger partial charge on any atom is -0.350 e. The van der Waals surface area contributed by atoms with Gasteiger partial charge in [0.1, 0.15) is 12.6 Å². The van der Waals surface area contributed by atoms with Gasteiger partial charge >= 0.3 is 0 Å². The van der Waals surface area contributed by atoms with E-state index < -0.39 is 34.1 Å². The summed E-state index contributed by atoms with van der Waals surface area (Å²) in [5.74, 6) is -1.00. The van der Waals surface area contributed by atoms with Gasteiger partial charge in [0.05, 0.1) is 20.6 Å². The predicted octanol–water partition coefficient (Wildman–Crippen LogP) is 7.40. The molecule has 4 rings (SSSR count). The Labute approximate surface area is 279 Å². The van der Waals surface area contributed by atoms with Crippen LogP contribution in [-0.4, -0.2) is 43.3 Å².